The van der Waals surface area contributed by atoms with Crippen molar-refractivity contribution >= 4 is 28.4 Å². The highest BCUT2D eigenvalue weighted by atomic mass is 16.7. The molecule has 2 aromatic carbocycles. The highest BCUT2D eigenvalue weighted by Gasteiger charge is 2.37. The minimum absolute atomic E-state index is 0.0254. The maximum absolute atomic E-state index is 12.7. The third-order valence-corrected chi connectivity index (χ3v) is 7.22. The summed E-state index contributed by atoms with van der Waals surface area (Å²) >= 11 is 0. The van der Waals surface area contributed by atoms with Gasteiger partial charge in [-0.3, -0.25) is 4.79 Å². The molecule has 4 rings (SSSR count). The van der Waals surface area contributed by atoms with Crippen LogP contribution in [0.1, 0.15) is 31.2 Å². The number of carbonyl (C=O) groups excluding carboxylic acids is 1. The molecule has 11 heteroatoms. The number of piperidine rings is 1. The molecule has 2 aliphatic rings. The van der Waals surface area contributed by atoms with Crippen molar-refractivity contribution in [3.05, 3.63) is 59.4 Å². The predicted octanol–water partition coefficient (Wildman–Crippen LogP) is 1.31. The number of benzene rings is 2. The number of carbonyl (C=O) groups is 1. The number of aliphatic hydroxyl groups excluding tert-OH is 2. The maximum atomic E-state index is 12.7. The van der Waals surface area contributed by atoms with Crippen LogP contribution in [0.4, 0.5) is 5.69 Å². The topological polar surface area (TPSA) is 170 Å². The van der Waals surface area contributed by atoms with Crippen LogP contribution in [0.2, 0.25) is 0 Å². The van der Waals surface area contributed by atoms with Gasteiger partial charge in [-0.2, -0.15) is 5.26 Å². The molecule has 0 spiro atoms. The monoisotopic (exact) mass is 550 g/mol. The Balaban J connectivity index is 1.34. The van der Waals surface area contributed by atoms with Gasteiger partial charge in [0.15, 0.2) is 6.29 Å². The molecule has 0 aliphatic carbocycles. The summed E-state index contributed by atoms with van der Waals surface area (Å²) in [6.07, 6.45) is 3.19. The van der Waals surface area contributed by atoms with E-state index in [1.807, 2.05) is 24.3 Å². The van der Waals surface area contributed by atoms with Crippen molar-refractivity contribution in [2.24, 2.45) is 11.6 Å². The second kappa shape index (κ2) is 13.6. The number of ether oxygens (including phenoxy) is 2. The number of aliphatic hydroxyl groups is 2. The number of anilines is 1. The highest BCUT2D eigenvalue weighted by molar-refractivity contribution is 6.02. The number of hydrogen-bond donors (Lipinski definition) is 5. The van der Waals surface area contributed by atoms with Crippen LogP contribution in [-0.2, 0) is 14.3 Å². The van der Waals surface area contributed by atoms with Crippen LogP contribution in [0.5, 0.6) is 0 Å². The minimum atomic E-state index is -1.14. The summed E-state index contributed by atoms with van der Waals surface area (Å²) < 4.78 is 10.7. The third-order valence-electron chi connectivity index (χ3n) is 7.22. The maximum Gasteiger partial charge on any atom is 0.262 e. The highest BCUT2D eigenvalue weighted by Crippen LogP contribution is 2.26. The molecule has 214 valence electrons. The van der Waals surface area contributed by atoms with Crippen LogP contribution in [-0.4, -0.2) is 79.0 Å². The molecule has 0 radical (unpaired) electrons. The number of hydrogen-bond acceptors (Lipinski definition) is 10. The van der Waals surface area contributed by atoms with Crippen LogP contribution in [0, 0.1) is 11.3 Å². The number of hydrazine groups is 1. The van der Waals surface area contributed by atoms with Gasteiger partial charge in [-0.25, -0.2) is 5.84 Å². The SMILES string of the molecule is CO[C@@H]1CC(O)[C@H](O)C(CN(N)/C=C(\N)CNC(=O)/C(C#N)=C/c2ccc3cc(N4CCCCC4)ccc3c2)O1. The Morgan fingerprint density at radius 1 is 1.23 bits per heavy atom. The number of fused-ring (bicyclic) bond motifs is 1. The van der Waals surface area contributed by atoms with Crippen molar-refractivity contribution in [3.63, 3.8) is 0 Å². The Morgan fingerprint density at radius 2 is 1.95 bits per heavy atom. The fraction of sp³-hybridized carbons (Fsp3) is 0.448. The summed E-state index contributed by atoms with van der Waals surface area (Å²) in [6.45, 7) is 2.12. The molecule has 11 nitrogen and oxygen atoms in total. The van der Waals surface area contributed by atoms with Gasteiger partial charge in [-0.15, -0.1) is 0 Å². The van der Waals surface area contributed by atoms with Gasteiger partial charge in [0.25, 0.3) is 5.91 Å². The average molecular weight is 551 g/mol. The lowest BCUT2D eigenvalue weighted by atomic mass is 10.0. The van der Waals surface area contributed by atoms with Crippen LogP contribution in [0.25, 0.3) is 16.8 Å². The summed E-state index contributed by atoms with van der Waals surface area (Å²) in [7, 11) is 1.45. The van der Waals surface area contributed by atoms with Crippen LogP contribution in [0.15, 0.2) is 53.9 Å². The van der Waals surface area contributed by atoms with E-state index in [0.29, 0.717) is 0 Å². The normalized spacial score (nSPS) is 24.0. The lowest BCUT2D eigenvalue weighted by molar-refractivity contribution is -0.244. The van der Waals surface area contributed by atoms with E-state index in [0.717, 1.165) is 29.4 Å². The molecule has 2 fully saturated rings. The smallest absolute Gasteiger partial charge is 0.262 e. The zero-order chi connectivity index (χ0) is 28.6. The van der Waals surface area contributed by atoms with Crippen molar-refractivity contribution in [1.29, 1.82) is 5.26 Å². The molecular formula is C29H38N6O5. The number of nitriles is 1. The molecule has 0 saturated carbocycles. The number of nitrogens with one attached hydrogen (secondary N) is 1. The summed E-state index contributed by atoms with van der Waals surface area (Å²) in [5.41, 5.74) is 8.13. The molecule has 2 unspecified atom stereocenters. The van der Waals surface area contributed by atoms with Crippen molar-refractivity contribution in [3.8, 4) is 6.07 Å². The Labute approximate surface area is 234 Å². The van der Waals surface area contributed by atoms with E-state index < -0.39 is 30.5 Å². The van der Waals surface area contributed by atoms with E-state index in [1.165, 1.54) is 43.3 Å². The zero-order valence-electron chi connectivity index (χ0n) is 22.7. The summed E-state index contributed by atoms with van der Waals surface area (Å²) in [6, 6.07) is 14.2. The van der Waals surface area contributed by atoms with Crippen LogP contribution in [0.3, 0.4) is 0 Å². The second-order valence-corrected chi connectivity index (χ2v) is 10.2. The molecule has 2 aliphatic heterocycles. The van der Waals surface area contributed by atoms with Gasteiger partial charge in [0, 0.05) is 44.2 Å². The minimum Gasteiger partial charge on any atom is -0.399 e. The standard InChI is InChI=1S/C29H38N6O5/c1-39-27-14-25(36)28(37)26(40-27)18-35(32)17-23(31)16-33-29(38)22(15-30)12-19-5-6-21-13-24(8-7-20(21)11-19)34-9-3-2-4-10-34/h5-8,11-13,17,25-28,36-37H,2-4,9-10,14,16,18,31-32H2,1H3,(H,33,38)/b22-12+,23-17-/t25?,26?,27-,28-/m0/s1. The first-order chi connectivity index (χ1) is 19.3. The van der Waals surface area contributed by atoms with Gasteiger partial charge < -0.3 is 40.6 Å². The Hall–Kier alpha value is -3.66. The van der Waals surface area contributed by atoms with E-state index in [-0.39, 0.29) is 30.8 Å². The molecule has 1 amide bonds. The molecule has 2 heterocycles. The van der Waals surface area contributed by atoms with Gasteiger partial charge in [-0.05, 0) is 59.9 Å². The number of nitrogens with zero attached hydrogens (tertiary/aromatic N) is 3. The summed E-state index contributed by atoms with van der Waals surface area (Å²) in [4.78, 5) is 15.1. The van der Waals surface area contributed by atoms with Crippen molar-refractivity contribution in [2.75, 3.05) is 38.2 Å². The zero-order valence-corrected chi connectivity index (χ0v) is 22.7. The molecule has 2 saturated heterocycles. The predicted molar refractivity (Wildman–Crippen MR) is 152 cm³/mol. The Bertz CT molecular complexity index is 1290. The van der Waals surface area contributed by atoms with Gasteiger partial charge in [0.1, 0.15) is 23.9 Å². The fourth-order valence-electron chi connectivity index (χ4n) is 5.02. The lowest BCUT2D eigenvalue weighted by Crippen LogP contribution is -2.53. The summed E-state index contributed by atoms with van der Waals surface area (Å²) in [5, 5.41) is 35.7. The Morgan fingerprint density at radius 3 is 2.67 bits per heavy atom. The quantitative estimate of drug-likeness (QED) is 0.133. The van der Waals surface area contributed by atoms with E-state index in [4.69, 9.17) is 21.1 Å². The third kappa shape index (κ3) is 7.50. The molecule has 0 aromatic heterocycles. The first kappa shape index (κ1) is 29.3. The Kier molecular flexibility index (Phi) is 9.98. The molecular weight excluding hydrogens is 512 g/mol. The molecule has 4 atom stereocenters. The van der Waals surface area contributed by atoms with Crippen LogP contribution < -0.4 is 21.8 Å². The summed E-state index contributed by atoms with van der Waals surface area (Å²) in [5.74, 6) is 5.41. The first-order valence-electron chi connectivity index (χ1n) is 13.5. The molecule has 0 bridgehead atoms. The van der Waals surface area contributed by atoms with Gasteiger partial charge in [0.05, 0.1) is 19.2 Å². The van der Waals surface area contributed by atoms with E-state index in [1.54, 1.807) is 6.08 Å². The average Bonchev–Trinajstić information content (AvgIpc) is 2.96. The molecule has 40 heavy (non-hydrogen) atoms. The number of nitrogens with two attached hydrogens (primary N) is 2. The fourth-order valence-corrected chi connectivity index (χ4v) is 5.02. The first-order valence-corrected chi connectivity index (χ1v) is 13.5. The van der Waals surface area contributed by atoms with Crippen molar-refractivity contribution in [2.45, 2.75) is 50.3 Å². The van der Waals surface area contributed by atoms with Gasteiger partial charge in [-0.1, -0.05) is 18.2 Å². The van der Waals surface area contributed by atoms with Crippen molar-refractivity contribution in [1.82, 2.24) is 10.3 Å². The van der Waals surface area contributed by atoms with E-state index >= 15 is 0 Å². The number of amides is 1. The lowest BCUT2D eigenvalue weighted by Gasteiger charge is -2.37. The largest absolute Gasteiger partial charge is 0.399 e. The number of rotatable bonds is 9. The second-order valence-electron chi connectivity index (χ2n) is 10.2. The molecule has 7 N–H and O–H groups in total. The molecule has 2 aromatic rings. The van der Waals surface area contributed by atoms with Gasteiger partial charge in [0.2, 0.25) is 0 Å². The van der Waals surface area contributed by atoms with E-state index in [9.17, 15) is 20.3 Å². The van der Waals surface area contributed by atoms with Gasteiger partial charge >= 0.3 is 0 Å². The number of methoxy groups -OCH3 is 1. The van der Waals surface area contributed by atoms with E-state index in [2.05, 4.69) is 28.4 Å². The van der Waals surface area contributed by atoms with Crippen LogP contribution >= 0.6 is 0 Å². The van der Waals surface area contributed by atoms with Crippen molar-refractivity contribution < 1.29 is 24.5 Å².